The van der Waals surface area contributed by atoms with Crippen molar-refractivity contribution < 1.29 is 22.3 Å². The molecule has 8 heteroatoms. The number of rotatable bonds is 4. The van der Waals surface area contributed by atoms with Crippen LogP contribution in [0.2, 0.25) is 0 Å². The zero-order valence-electron chi connectivity index (χ0n) is 12.6. The monoisotopic (exact) mass is 348 g/mol. The van der Waals surface area contributed by atoms with E-state index in [0.29, 0.717) is 22.4 Å². The summed E-state index contributed by atoms with van der Waals surface area (Å²) in [6.45, 7) is 0. The van der Waals surface area contributed by atoms with E-state index in [0.717, 1.165) is 0 Å². The molecule has 2 aromatic carbocycles. The normalized spacial score (nSPS) is 11.5. The zero-order valence-corrected chi connectivity index (χ0v) is 13.4. The number of halogens is 1. The maximum Gasteiger partial charge on any atom is 0.238 e. The van der Waals surface area contributed by atoms with E-state index >= 15 is 0 Å². The average Bonchev–Trinajstić information content (AvgIpc) is 2.54. The van der Waals surface area contributed by atoms with Crippen LogP contribution in [0.15, 0.2) is 53.6 Å². The molecule has 2 N–H and O–H groups in total. The highest BCUT2D eigenvalue weighted by Gasteiger charge is 2.11. The molecule has 1 heterocycles. The van der Waals surface area contributed by atoms with Crippen LogP contribution in [0.25, 0.3) is 10.9 Å². The maximum atomic E-state index is 13.9. The van der Waals surface area contributed by atoms with Gasteiger partial charge in [-0.2, -0.15) is 0 Å². The highest BCUT2D eigenvalue weighted by Crippen LogP contribution is 2.32. The first-order valence-electron chi connectivity index (χ1n) is 6.81. The summed E-state index contributed by atoms with van der Waals surface area (Å²) in [5.41, 5.74) is 0.506. The van der Waals surface area contributed by atoms with Gasteiger partial charge in [-0.3, -0.25) is 4.98 Å². The Balaban J connectivity index is 1.99. The van der Waals surface area contributed by atoms with Crippen LogP contribution in [0.1, 0.15) is 0 Å². The van der Waals surface area contributed by atoms with Gasteiger partial charge in [0.05, 0.1) is 17.5 Å². The molecule has 0 bridgehead atoms. The Hall–Kier alpha value is -2.71. The van der Waals surface area contributed by atoms with Crippen molar-refractivity contribution in [3.05, 3.63) is 54.5 Å². The first kappa shape index (κ1) is 16.2. The summed E-state index contributed by atoms with van der Waals surface area (Å²) in [5.74, 6) is 0.313. The predicted octanol–water partition coefficient (Wildman–Crippen LogP) is 2.82. The zero-order chi connectivity index (χ0) is 17.3. The van der Waals surface area contributed by atoms with Crippen molar-refractivity contribution in [2.45, 2.75) is 4.90 Å². The lowest BCUT2D eigenvalue weighted by Crippen LogP contribution is -2.11. The molecule has 24 heavy (non-hydrogen) atoms. The number of methoxy groups -OCH3 is 1. The molecule has 0 amide bonds. The van der Waals surface area contributed by atoms with Gasteiger partial charge in [0.25, 0.3) is 0 Å². The molecule has 124 valence electrons. The third-order valence-corrected chi connectivity index (χ3v) is 4.28. The summed E-state index contributed by atoms with van der Waals surface area (Å²) in [5, 5.41) is 5.51. The van der Waals surface area contributed by atoms with Crippen molar-refractivity contribution in [2.24, 2.45) is 5.14 Å². The van der Waals surface area contributed by atoms with Gasteiger partial charge < -0.3 is 9.47 Å². The van der Waals surface area contributed by atoms with Gasteiger partial charge in [-0.1, -0.05) is 0 Å². The van der Waals surface area contributed by atoms with Crippen molar-refractivity contribution in [2.75, 3.05) is 7.11 Å². The summed E-state index contributed by atoms with van der Waals surface area (Å²) in [6, 6.07) is 9.92. The molecule has 0 aliphatic heterocycles. The highest BCUT2D eigenvalue weighted by atomic mass is 32.2. The van der Waals surface area contributed by atoms with Crippen LogP contribution in [-0.4, -0.2) is 20.5 Å². The molecule has 6 nitrogen and oxygen atoms in total. The van der Waals surface area contributed by atoms with E-state index in [9.17, 15) is 12.8 Å². The number of nitrogens with two attached hydrogens (primary N) is 1. The van der Waals surface area contributed by atoms with Crippen LogP contribution < -0.4 is 14.6 Å². The number of benzene rings is 2. The van der Waals surface area contributed by atoms with Crippen LogP contribution in [0.4, 0.5) is 4.39 Å². The minimum absolute atomic E-state index is 0.0229. The van der Waals surface area contributed by atoms with Gasteiger partial charge in [-0.25, -0.2) is 17.9 Å². The molecule has 3 aromatic rings. The number of fused-ring (bicyclic) bond motifs is 1. The van der Waals surface area contributed by atoms with Crippen molar-refractivity contribution in [1.82, 2.24) is 4.98 Å². The van der Waals surface area contributed by atoms with E-state index in [1.807, 2.05) is 0 Å². The lowest BCUT2D eigenvalue weighted by molar-refractivity contribution is 0.387. The van der Waals surface area contributed by atoms with E-state index in [2.05, 4.69) is 4.98 Å². The summed E-state index contributed by atoms with van der Waals surface area (Å²) in [4.78, 5) is 4.13. The van der Waals surface area contributed by atoms with Crippen LogP contribution in [0.3, 0.4) is 0 Å². The second kappa shape index (κ2) is 6.06. The fraction of sp³-hybridized carbons (Fsp3) is 0.0625. The Labute approximate surface area is 137 Å². The maximum absolute atomic E-state index is 13.9. The summed E-state index contributed by atoms with van der Waals surface area (Å²) >= 11 is 0. The SMILES string of the molecule is COc1cc2nccc(Oc3ccc(S(N)(=O)=O)cc3)c2cc1F. The van der Waals surface area contributed by atoms with Gasteiger partial charge in [-0.15, -0.1) is 0 Å². The van der Waals surface area contributed by atoms with E-state index in [1.54, 1.807) is 6.07 Å². The number of nitrogens with zero attached hydrogens (tertiary/aromatic N) is 1. The lowest BCUT2D eigenvalue weighted by atomic mass is 10.2. The Morgan fingerprint density at radius 3 is 2.42 bits per heavy atom. The first-order valence-corrected chi connectivity index (χ1v) is 8.36. The largest absolute Gasteiger partial charge is 0.494 e. The minimum atomic E-state index is -3.77. The predicted molar refractivity (Wildman–Crippen MR) is 86.1 cm³/mol. The van der Waals surface area contributed by atoms with E-state index in [-0.39, 0.29) is 10.6 Å². The molecule has 1 aromatic heterocycles. The second-order valence-corrected chi connectivity index (χ2v) is 6.49. The Kier molecular flexibility index (Phi) is 4.08. The third kappa shape index (κ3) is 3.15. The van der Waals surface area contributed by atoms with Crippen molar-refractivity contribution >= 4 is 20.9 Å². The first-order chi connectivity index (χ1) is 11.4. The van der Waals surface area contributed by atoms with Gasteiger partial charge in [0.1, 0.15) is 11.5 Å². The molecule has 0 saturated heterocycles. The number of aromatic nitrogens is 1. The molecule has 0 saturated carbocycles. The van der Waals surface area contributed by atoms with Gasteiger partial charge in [0.2, 0.25) is 10.0 Å². The summed E-state index contributed by atoms with van der Waals surface area (Å²) in [6.07, 6.45) is 1.52. The van der Waals surface area contributed by atoms with Crippen LogP contribution in [0, 0.1) is 5.82 Å². The van der Waals surface area contributed by atoms with Gasteiger partial charge in [-0.05, 0) is 36.4 Å². The van der Waals surface area contributed by atoms with Crippen LogP contribution in [-0.2, 0) is 10.0 Å². The molecule has 0 radical (unpaired) electrons. The van der Waals surface area contributed by atoms with Gasteiger partial charge in [0.15, 0.2) is 11.6 Å². The molecule has 0 unspecified atom stereocenters. The fourth-order valence-corrected chi connectivity index (χ4v) is 2.71. The molecule has 0 fully saturated rings. The topological polar surface area (TPSA) is 91.5 Å². The lowest BCUT2D eigenvalue weighted by Gasteiger charge is -2.10. The number of pyridine rings is 1. The Bertz CT molecular complexity index is 1000. The van der Waals surface area contributed by atoms with Gasteiger partial charge >= 0.3 is 0 Å². The number of sulfonamides is 1. The molecule has 0 aliphatic carbocycles. The minimum Gasteiger partial charge on any atom is -0.494 e. The third-order valence-electron chi connectivity index (χ3n) is 3.36. The number of ether oxygens (including phenoxy) is 2. The molecule has 0 spiro atoms. The van der Waals surface area contributed by atoms with Crippen LogP contribution >= 0.6 is 0 Å². The Morgan fingerprint density at radius 2 is 1.79 bits per heavy atom. The van der Waals surface area contributed by atoms with Crippen molar-refractivity contribution in [3.63, 3.8) is 0 Å². The van der Waals surface area contributed by atoms with Gasteiger partial charge in [0, 0.05) is 17.6 Å². The standard InChI is InChI=1S/C16H13FN2O4S/c1-22-16-9-14-12(8-13(16)17)15(6-7-19-14)23-10-2-4-11(5-3-10)24(18,20)21/h2-9H,1H3,(H2,18,20,21). The van der Waals surface area contributed by atoms with E-state index < -0.39 is 15.8 Å². The smallest absolute Gasteiger partial charge is 0.238 e. The quantitative estimate of drug-likeness (QED) is 0.783. The number of hydrogen-bond donors (Lipinski definition) is 1. The molecular weight excluding hydrogens is 335 g/mol. The molecule has 3 rings (SSSR count). The van der Waals surface area contributed by atoms with Crippen molar-refractivity contribution in [1.29, 1.82) is 0 Å². The number of primary sulfonamides is 1. The average molecular weight is 348 g/mol. The molecular formula is C16H13FN2O4S. The fourth-order valence-electron chi connectivity index (χ4n) is 2.19. The second-order valence-electron chi connectivity index (χ2n) is 4.93. The highest BCUT2D eigenvalue weighted by molar-refractivity contribution is 7.89. The summed E-state index contributed by atoms with van der Waals surface area (Å²) < 4.78 is 47.1. The van der Waals surface area contributed by atoms with Crippen molar-refractivity contribution in [3.8, 4) is 17.2 Å². The van der Waals surface area contributed by atoms with E-state index in [4.69, 9.17) is 14.6 Å². The molecule has 0 aliphatic rings. The van der Waals surface area contributed by atoms with E-state index in [1.165, 1.54) is 49.7 Å². The van der Waals surface area contributed by atoms with Crippen LogP contribution in [0.5, 0.6) is 17.2 Å². The number of hydrogen-bond acceptors (Lipinski definition) is 5. The Morgan fingerprint density at radius 1 is 1.08 bits per heavy atom. The molecule has 0 atom stereocenters. The summed E-state index contributed by atoms with van der Waals surface area (Å²) in [7, 11) is -2.40.